The minimum Gasteiger partial charge on any atom is -0.378 e. The molecule has 0 radical (unpaired) electrons. The molecule has 3 rings (SSSR count). The van der Waals surface area contributed by atoms with E-state index in [4.69, 9.17) is 39.8 Å². The van der Waals surface area contributed by atoms with Crippen LogP contribution in [-0.4, -0.2) is 25.7 Å². The second-order valence-corrected chi connectivity index (χ2v) is 9.52. The molecule has 3 aromatic carbocycles. The Morgan fingerprint density at radius 3 is 2.00 bits per heavy atom. The van der Waals surface area contributed by atoms with Crippen molar-refractivity contribution in [2.45, 2.75) is 27.7 Å². The summed E-state index contributed by atoms with van der Waals surface area (Å²) in [5.74, 6) is -0.388. The van der Waals surface area contributed by atoms with Crippen LogP contribution in [0.3, 0.4) is 0 Å². The number of hydrogen-bond acceptors (Lipinski definition) is 3. The fourth-order valence-electron chi connectivity index (χ4n) is 3.74. The average Bonchev–Trinajstić information content (AvgIpc) is 2.71. The van der Waals surface area contributed by atoms with E-state index in [1.165, 1.54) is 12.1 Å². The summed E-state index contributed by atoms with van der Waals surface area (Å²) in [4.78, 5) is 20.4. The van der Waals surface area contributed by atoms with Gasteiger partial charge in [0.1, 0.15) is 5.71 Å². The van der Waals surface area contributed by atoms with Crippen molar-refractivity contribution in [1.29, 1.82) is 0 Å². The summed E-state index contributed by atoms with van der Waals surface area (Å²) in [6.07, 6.45) is 0. The molecule has 0 aliphatic heterocycles. The molecule has 0 fully saturated rings. The lowest BCUT2D eigenvalue weighted by molar-refractivity contribution is -0.110. The Hall–Kier alpha value is -2.53. The van der Waals surface area contributed by atoms with Gasteiger partial charge >= 0.3 is 0 Å². The van der Waals surface area contributed by atoms with Crippen molar-refractivity contribution < 1.29 is 4.79 Å². The molecule has 0 atom stereocenters. The van der Waals surface area contributed by atoms with E-state index in [0.717, 1.165) is 33.5 Å². The van der Waals surface area contributed by atoms with Gasteiger partial charge in [-0.1, -0.05) is 52.5 Å². The van der Waals surface area contributed by atoms with Gasteiger partial charge in [-0.05, 0) is 74.7 Å². The van der Waals surface area contributed by atoms with Gasteiger partial charge in [0, 0.05) is 25.3 Å². The van der Waals surface area contributed by atoms with Crippen LogP contribution >= 0.6 is 34.8 Å². The largest absolute Gasteiger partial charge is 0.378 e. The molecule has 4 nitrogen and oxygen atoms in total. The zero-order chi connectivity index (χ0) is 24.4. The van der Waals surface area contributed by atoms with Gasteiger partial charge in [0.25, 0.3) is 5.91 Å². The Morgan fingerprint density at radius 2 is 1.42 bits per heavy atom. The lowest BCUT2D eigenvalue weighted by Crippen LogP contribution is -2.25. The lowest BCUT2D eigenvalue weighted by Gasteiger charge is -2.17. The molecular weight excluding hydrogens is 477 g/mol. The van der Waals surface area contributed by atoms with E-state index < -0.39 is 0 Å². The number of aryl methyl sites for hydroxylation is 4. The van der Waals surface area contributed by atoms with Gasteiger partial charge in [0.15, 0.2) is 0 Å². The summed E-state index contributed by atoms with van der Waals surface area (Å²) in [6.45, 7) is 7.96. The van der Waals surface area contributed by atoms with E-state index in [9.17, 15) is 4.79 Å². The van der Waals surface area contributed by atoms with Gasteiger partial charge in [-0.2, -0.15) is 0 Å². The molecule has 0 aliphatic carbocycles. The van der Waals surface area contributed by atoms with Crippen LogP contribution < -0.4 is 10.2 Å². The molecule has 0 aromatic heterocycles. The van der Waals surface area contributed by atoms with E-state index >= 15 is 0 Å². The molecule has 1 amide bonds. The molecule has 0 saturated heterocycles. The average molecular weight is 503 g/mol. The molecule has 0 heterocycles. The van der Waals surface area contributed by atoms with E-state index in [1.54, 1.807) is 0 Å². The molecular formula is C26H26Cl3N3O. The lowest BCUT2D eigenvalue weighted by atomic mass is 9.95. The highest BCUT2D eigenvalue weighted by Crippen LogP contribution is 2.33. The fraction of sp³-hybridized carbons (Fsp3) is 0.231. The summed E-state index contributed by atoms with van der Waals surface area (Å²) in [5.41, 5.74) is 7.22. The van der Waals surface area contributed by atoms with Gasteiger partial charge in [0.05, 0.1) is 26.4 Å². The Labute approximate surface area is 210 Å². The normalized spacial score (nSPS) is 11.5. The molecule has 33 heavy (non-hydrogen) atoms. The van der Waals surface area contributed by atoms with Crippen molar-refractivity contribution >= 4 is 63.5 Å². The van der Waals surface area contributed by atoms with Crippen LogP contribution in [0.15, 0.2) is 47.5 Å². The fourth-order valence-corrected chi connectivity index (χ4v) is 4.33. The van der Waals surface area contributed by atoms with Crippen molar-refractivity contribution in [2.24, 2.45) is 4.99 Å². The highest BCUT2D eigenvalue weighted by molar-refractivity contribution is 6.51. The van der Waals surface area contributed by atoms with Crippen LogP contribution in [0.5, 0.6) is 0 Å². The number of carbonyl (C=O) groups is 1. The summed E-state index contributed by atoms with van der Waals surface area (Å²) >= 11 is 18.5. The Bertz CT molecular complexity index is 1240. The number of aliphatic imine (C=N–C) groups is 1. The number of benzene rings is 3. The summed E-state index contributed by atoms with van der Waals surface area (Å²) in [7, 11) is 3.97. The van der Waals surface area contributed by atoms with Crippen LogP contribution in [0.4, 0.5) is 17.1 Å². The van der Waals surface area contributed by atoms with Crippen molar-refractivity contribution in [3.8, 4) is 0 Å². The smallest absolute Gasteiger partial charge is 0.274 e. The monoisotopic (exact) mass is 501 g/mol. The molecule has 0 unspecified atom stereocenters. The number of nitrogens with zero attached hydrogens (tertiary/aromatic N) is 2. The van der Waals surface area contributed by atoms with Crippen LogP contribution in [0, 0.1) is 27.7 Å². The van der Waals surface area contributed by atoms with Gasteiger partial charge < -0.3 is 10.2 Å². The molecule has 0 bridgehead atoms. The standard InChI is InChI=1S/C26H26Cl3N3O/c1-14-9-16(3)24(17(4)10-14)25(30-22-8-7-18(32(5)6)11-15(22)2)26(33)31-23-13-20(28)19(27)12-21(23)29/h7-13H,1-6H3,(H,31,33). The van der Waals surface area contributed by atoms with Gasteiger partial charge in [-0.15, -0.1) is 0 Å². The minimum absolute atomic E-state index is 0.293. The second kappa shape index (κ2) is 10.2. The van der Waals surface area contributed by atoms with Crippen LogP contribution in [0.1, 0.15) is 27.8 Å². The van der Waals surface area contributed by atoms with Crippen LogP contribution in [0.25, 0.3) is 0 Å². The first-order chi connectivity index (χ1) is 15.5. The Balaban J connectivity index is 2.15. The first-order valence-electron chi connectivity index (χ1n) is 10.4. The SMILES string of the molecule is Cc1cc(C)c(C(=Nc2ccc(N(C)C)cc2C)C(=O)Nc2cc(Cl)c(Cl)cc2Cl)c(C)c1. The predicted octanol–water partition coefficient (Wildman–Crippen LogP) is 7.71. The maximum atomic E-state index is 13.6. The maximum absolute atomic E-state index is 13.6. The highest BCUT2D eigenvalue weighted by Gasteiger charge is 2.21. The third-order valence-electron chi connectivity index (χ3n) is 5.32. The third kappa shape index (κ3) is 5.70. The third-order valence-corrected chi connectivity index (χ3v) is 6.35. The maximum Gasteiger partial charge on any atom is 0.274 e. The summed E-state index contributed by atoms with van der Waals surface area (Å²) in [6, 6.07) is 13.1. The van der Waals surface area contributed by atoms with Crippen molar-refractivity contribution in [2.75, 3.05) is 24.3 Å². The quantitative estimate of drug-likeness (QED) is 0.287. The highest BCUT2D eigenvalue weighted by atomic mass is 35.5. The molecule has 0 spiro atoms. The minimum atomic E-state index is -0.388. The summed E-state index contributed by atoms with van der Waals surface area (Å²) in [5, 5.41) is 3.77. The number of nitrogens with one attached hydrogen (secondary N) is 1. The van der Waals surface area contributed by atoms with Gasteiger partial charge in [-0.25, -0.2) is 4.99 Å². The zero-order valence-corrected chi connectivity index (χ0v) is 21.7. The molecule has 0 saturated carbocycles. The van der Waals surface area contributed by atoms with E-state index in [2.05, 4.69) is 5.32 Å². The van der Waals surface area contributed by atoms with Crippen LogP contribution in [0.2, 0.25) is 15.1 Å². The molecule has 7 heteroatoms. The van der Waals surface area contributed by atoms with Crippen LogP contribution in [-0.2, 0) is 4.79 Å². The number of carbonyl (C=O) groups excluding carboxylic acids is 1. The second-order valence-electron chi connectivity index (χ2n) is 8.30. The molecule has 1 N–H and O–H groups in total. The Kier molecular flexibility index (Phi) is 7.73. The van der Waals surface area contributed by atoms with Crippen molar-refractivity contribution in [3.05, 3.63) is 85.3 Å². The molecule has 0 aliphatic rings. The van der Waals surface area contributed by atoms with Gasteiger partial charge in [-0.3, -0.25) is 4.79 Å². The molecule has 172 valence electrons. The Morgan fingerprint density at radius 1 is 0.818 bits per heavy atom. The number of halogens is 3. The topological polar surface area (TPSA) is 44.7 Å². The number of anilines is 2. The number of hydrogen-bond donors (Lipinski definition) is 1. The zero-order valence-electron chi connectivity index (χ0n) is 19.5. The first-order valence-corrected chi connectivity index (χ1v) is 11.5. The van der Waals surface area contributed by atoms with Crippen molar-refractivity contribution in [3.63, 3.8) is 0 Å². The first kappa shape index (κ1) is 25.1. The van der Waals surface area contributed by atoms with E-state index in [1.807, 2.05) is 77.0 Å². The number of amides is 1. The number of rotatable bonds is 5. The van der Waals surface area contributed by atoms with E-state index in [0.29, 0.717) is 32.2 Å². The van der Waals surface area contributed by atoms with E-state index in [-0.39, 0.29) is 5.91 Å². The predicted molar refractivity (Wildman–Crippen MR) is 142 cm³/mol. The van der Waals surface area contributed by atoms with Crippen molar-refractivity contribution in [1.82, 2.24) is 0 Å². The van der Waals surface area contributed by atoms with Gasteiger partial charge in [0.2, 0.25) is 0 Å². The summed E-state index contributed by atoms with van der Waals surface area (Å²) < 4.78 is 0. The molecule has 3 aromatic rings.